The van der Waals surface area contributed by atoms with Crippen LogP contribution in [-0.4, -0.2) is 37.1 Å². The van der Waals surface area contributed by atoms with Crippen molar-refractivity contribution in [3.63, 3.8) is 0 Å². The summed E-state index contributed by atoms with van der Waals surface area (Å²) in [5, 5.41) is 3.67. The van der Waals surface area contributed by atoms with Crippen molar-refractivity contribution in [2.75, 3.05) is 26.2 Å². The number of nitrogens with zero attached hydrogens (tertiary/aromatic N) is 1. The molecular formula is C18H30N2. The highest BCUT2D eigenvalue weighted by Crippen LogP contribution is 2.09. The van der Waals surface area contributed by atoms with Gasteiger partial charge in [-0.3, -0.25) is 0 Å². The highest BCUT2D eigenvalue weighted by Gasteiger charge is 2.09. The SMILES string of the molecule is Cc1cccc(CCC(C)NCCN2CCCCC2)c1. The molecule has 2 nitrogen and oxygen atoms in total. The summed E-state index contributed by atoms with van der Waals surface area (Å²) in [5.74, 6) is 0. The maximum absolute atomic E-state index is 3.67. The van der Waals surface area contributed by atoms with Crippen molar-refractivity contribution >= 4 is 0 Å². The Bertz CT molecular complexity index is 383. The Morgan fingerprint density at radius 3 is 2.75 bits per heavy atom. The Labute approximate surface area is 124 Å². The van der Waals surface area contributed by atoms with Gasteiger partial charge in [-0.05, 0) is 58.2 Å². The monoisotopic (exact) mass is 274 g/mol. The van der Waals surface area contributed by atoms with Gasteiger partial charge in [-0.1, -0.05) is 36.2 Å². The number of rotatable bonds is 7. The number of aryl methyl sites for hydroxylation is 2. The molecule has 0 amide bonds. The van der Waals surface area contributed by atoms with Gasteiger partial charge in [-0.25, -0.2) is 0 Å². The molecule has 0 aromatic heterocycles. The summed E-state index contributed by atoms with van der Waals surface area (Å²) < 4.78 is 0. The fourth-order valence-corrected chi connectivity index (χ4v) is 3.00. The van der Waals surface area contributed by atoms with Crippen molar-refractivity contribution in [1.82, 2.24) is 10.2 Å². The number of piperidine rings is 1. The molecule has 1 N–H and O–H groups in total. The van der Waals surface area contributed by atoms with E-state index in [4.69, 9.17) is 0 Å². The fraction of sp³-hybridized carbons (Fsp3) is 0.667. The zero-order valence-corrected chi connectivity index (χ0v) is 13.2. The van der Waals surface area contributed by atoms with Crippen molar-refractivity contribution in [3.05, 3.63) is 35.4 Å². The van der Waals surface area contributed by atoms with E-state index in [9.17, 15) is 0 Å². The molecule has 0 aliphatic carbocycles. The summed E-state index contributed by atoms with van der Waals surface area (Å²) >= 11 is 0. The molecule has 20 heavy (non-hydrogen) atoms. The normalized spacial score (nSPS) is 18.1. The number of hydrogen-bond acceptors (Lipinski definition) is 2. The zero-order chi connectivity index (χ0) is 14.2. The lowest BCUT2D eigenvalue weighted by Crippen LogP contribution is -2.38. The van der Waals surface area contributed by atoms with Crippen LogP contribution in [0.4, 0.5) is 0 Å². The molecule has 0 spiro atoms. The maximum Gasteiger partial charge on any atom is 0.0107 e. The molecule has 1 atom stereocenters. The van der Waals surface area contributed by atoms with E-state index in [1.807, 2.05) is 0 Å². The van der Waals surface area contributed by atoms with Crippen molar-refractivity contribution in [2.24, 2.45) is 0 Å². The molecule has 2 heteroatoms. The molecule has 1 saturated heterocycles. The lowest BCUT2D eigenvalue weighted by Gasteiger charge is -2.27. The summed E-state index contributed by atoms with van der Waals surface area (Å²) in [6, 6.07) is 9.50. The standard InChI is InChI=1S/C18H30N2/c1-16-7-6-8-18(15-16)10-9-17(2)19-11-14-20-12-4-3-5-13-20/h6-8,15,17,19H,3-5,9-14H2,1-2H3. The summed E-state index contributed by atoms with van der Waals surface area (Å²) in [7, 11) is 0. The van der Waals surface area contributed by atoms with Crippen LogP contribution >= 0.6 is 0 Å². The molecule has 1 heterocycles. The molecule has 1 aliphatic heterocycles. The van der Waals surface area contributed by atoms with Crippen LogP contribution in [0.1, 0.15) is 43.7 Å². The third-order valence-corrected chi connectivity index (χ3v) is 4.32. The zero-order valence-electron chi connectivity index (χ0n) is 13.2. The van der Waals surface area contributed by atoms with Crippen molar-refractivity contribution in [1.29, 1.82) is 0 Å². The smallest absolute Gasteiger partial charge is 0.0107 e. The Morgan fingerprint density at radius 1 is 1.20 bits per heavy atom. The van der Waals surface area contributed by atoms with Crippen molar-refractivity contribution in [3.8, 4) is 0 Å². The molecule has 1 unspecified atom stereocenters. The molecule has 1 aromatic carbocycles. The third-order valence-electron chi connectivity index (χ3n) is 4.32. The minimum Gasteiger partial charge on any atom is -0.313 e. The highest BCUT2D eigenvalue weighted by atomic mass is 15.1. The molecule has 1 aromatic rings. The van der Waals surface area contributed by atoms with Crippen molar-refractivity contribution < 1.29 is 0 Å². The van der Waals surface area contributed by atoms with E-state index in [1.54, 1.807) is 0 Å². The minimum atomic E-state index is 0.611. The predicted octanol–water partition coefficient (Wildman–Crippen LogP) is 3.39. The van der Waals surface area contributed by atoms with E-state index < -0.39 is 0 Å². The van der Waals surface area contributed by atoms with Gasteiger partial charge in [0.25, 0.3) is 0 Å². The van der Waals surface area contributed by atoms with Gasteiger partial charge in [0, 0.05) is 19.1 Å². The predicted molar refractivity (Wildman–Crippen MR) is 87.3 cm³/mol. The first-order valence-corrected chi connectivity index (χ1v) is 8.25. The Hall–Kier alpha value is -0.860. The largest absolute Gasteiger partial charge is 0.313 e. The van der Waals surface area contributed by atoms with Crippen LogP contribution in [0.5, 0.6) is 0 Å². The van der Waals surface area contributed by atoms with Crippen LogP contribution in [0.3, 0.4) is 0 Å². The summed E-state index contributed by atoms with van der Waals surface area (Å²) in [4.78, 5) is 2.60. The first-order chi connectivity index (χ1) is 9.74. The van der Waals surface area contributed by atoms with E-state index in [1.165, 1.54) is 62.9 Å². The first-order valence-electron chi connectivity index (χ1n) is 8.25. The van der Waals surface area contributed by atoms with Crippen LogP contribution in [0.15, 0.2) is 24.3 Å². The van der Waals surface area contributed by atoms with Gasteiger partial charge < -0.3 is 10.2 Å². The van der Waals surface area contributed by atoms with Gasteiger partial charge in [-0.2, -0.15) is 0 Å². The van der Waals surface area contributed by atoms with Crippen LogP contribution in [0.25, 0.3) is 0 Å². The number of benzene rings is 1. The van der Waals surface area contributed by atoms with Crippen LogP contribution in [-0.2, 0) is 6.42 Å². The molecule has 0 saturated carbocycles. The second kappa shape index (κ2) is 8.43. The van der Waals surface area contributed by atoms with Gasteiger partial charge in [0.1, 0.15) is 0 Å². The number of likely N-dealkylation sites (tertiary alicyclic amines) is 1. The average molecular weight is 274 g/mol. The molecule has 0 bridgehead atoms. The van der Waals surface area contributed by atoms with Crippen LogP contribution < -0.4 is 5.32 Å². The maximum atomic E-state index is 3.67. The quantitative estimate of drug-likeness (QED) is 0.820. The number of hydrogen-bond donors (Lipinski definition) is 1. The number of nitrogens with one attached hydrogen (secondary N) is 1. The van der Waals surface area contributed by atoms with Crippen LogP contribution in [0.2, 0.25) is 0 Å². The second-order valence-electron chi connectivity index (χ2n) is 6.29. The topological polar surface area (TPSA) is 15.3 Å². The molecule has 112 valence electrons. The lowest BCUT2D eigenvalue weighted by molar-refractivity contribution is 0.226. The molecule has 0 radical (unpaired) electrons. The summed E-state index contributed by atoms with van der Waals surface area (Å²) in [6.07, 6.45) is 6.62. The highest BCUT2D eigenvalue weighted by molar-refractivity contribution is 5.22. The van der Waals surface area contributed by atoms with E-state index in [0.717, 1.165) is 6.54 Å². The molecular weight excluding hydrogens is 244 g/mol. The van der Waals surface area contributed by atoms with Gasteiger partial charge in [0.05, 0.1) is 0 Å². The van der Waals surface area contributed by atoms with E-state index in [2.05, 4.69) is 48.3 Å². The lowest BCUT2D eigenvalue weighted by atomic mass is 10.0. The average Bonchev–Trinajstić information content (AvgIpc) is 2.46. The van der Waals surface area contributed by atoms with Crippen LogP contribution in [0, 0.1) is 6.92 Å². The Kier molecular flexibility index (Phi) is 6.55. The fourth-order valence-electron chi connectivity index (χ4n) is 3.00. The first kappa shape index (κ1) is 15.5. The molecule has 1 fully saturated rings. The third kappa shape index (κ3) is 5.64. The Balaban J connectivity index is 1.59. The second-order valence-corrected chi connectivity index (χ2v) is 6.29. The van der Waals surface area contributed by atoms with Gasteiger partial charge in [0.15, 0.2) is 0 Å². The minimum absolute atomic E-state index is 0.611. The van der Waals surface area contributed by atoms with E-state index in [-0.39, 0.29) is 0 Å². The molecule has 1 aliphatic rings. The van der Waals surface area contributed by atoms with E-state index in [0.29, 0.717) is 6.04 Å². The van der Waals surface area contributed by atoms with Gasteiger partial charge >= 0.3 is 0 Å². The summed E-state index contributed by atoms with van der Waals surface area (Å²) in [6.45, 7) is 9.44. The Morgan fingerprint density at radius 2 is 2.00 bits per heavy atom. The van der Waals surface area contributed by atoms with Gasteiger partial charge in [0.2, 0.25) is 0 Å². The van der Waals surface area contributed by atoms with E-state index >= 15 is 0 Å². The van der Waals surface area contributed by atoms with Crippen molar-refractivity contribution in [2.45, 2.75) is 52.0 Å². The summed E-state index contributed by atoms with van der Waals surface area (Å²) in [5.41, 5.74) is 2.84. The molecule has 2 rings (SSSR count). The van der Waals surface area contributed by atoms with Gasteiger partial charge in [-0.15, -0.1) is 0 Å².